The number of carbonyl (C=O) groups is 1. The zero-order valence-electron chi connectivity index (χ0n) is 9.99. The quantitative estimate of drug-likeness (QED) is 0.839. The highest BCUT2D eigenvalue weighted by atomic mass is 79.9. The molecule has 0 N–H and O–H groups in total. The lowest BCUT2D eigenvalue weighted by molar-refractivity contribution is 0.0731. The molecule has 1 amide bonds. The Balaban J connectivity index is 2.17. The van der Waals surface area contributed by atoms with Crippen LogP contribution >= 0.6 is 15.9 Å². The van der Waals surface area contributed by atoms with Crippen LogP contribution in [0.1, 0.15) is 23.8 Å². The number of amides is 1. The maximum absolute atomic E-state index is 12.4. The lowest BCUT2D eigenvalue weighted by Crippen LogP contribution is -2.34. The van der Waals surface area contributed by atoms with Crippen molar-refractivity contribution in [2.24, 2.45) is 0 Å². The molecule has 0 saturated carbocycles. The van der Waals surface area contributed by atoms with Crippen LogP contribution in [0.2, 0.25) is 0 Å². The van der Waals surface area contributed by atoms with Crippen molar-refractivity contribution in [2.45, 2.75) is 19.9 Å². The van der Waals surface area contributed by atoms with Gasteiger partial charge in [-0.1, -0.05) is 0 Å². The van der Waals surface area contributed by atoms with Crippen molar-refractivity contribution in [2.75, 3.05) is 26.3 Å². The fourth-order valence-electron chi connectivity index (χ4n) is 2.03. The fraction of sp³-hybridized carbons (Fsp3) is 0.583. The highest BCUT2D eigenvalue weighted by Crippen LogP contribution is 2.17. The Bertz CT molecular complexity index is 395. The molecule has 0 bridgehead atoms. The molecule has 0 atom stereocenters. The summed E-state index contributed by atoms with van der Waals surface area (Å²) in [5, 5.41) is 0. The second-order valence-electron chi connectivity index (χ2n) is 4.09. The van der Waals surface area contributed by atoms with Crippen LogP contribution in [0.15, 0.2) is 16.7 Å². The minimum atomic E-state index is 0.100. The van der Waals surface area contributed by atoms with Gasteiger partial charge in [-0.3, -0.25) is 4.79 Å². The van der Waals surface area contributed by atoms with Crippen molar-refractivity contribution < 1.29 is 9.53 Å². The first-order valence-corrected chi connectivity index (χ1v) is 6.74. The largest absolute Gasteiger partial charge is 0.380 e. The monoisotopic (exact) mass is 300 g/mol. The average Bonchev–Trinajstić information content (AvgIpc) is 2.55. The molecule has 1 aromatic rings. The Kier molecular flexibility index (Phi) is 4.23. The molecule has 0 radical (unpaired) electrons. The topological polar surface area (TPSA) is 34.5 Å². The summed E-state index contributed by atoms with van der Waals surface area (Å²) in [7, 11) is 0. The number of hydrogen-bond acceptors (Lipinski definition) is 2. The first-order chi connectivity index (χ1) is 8.22. The van der Waals surface area contributed by atoms with Gasteiger partial charge >= 0.3 is 0 Å². The standard InChI is InChI=1S/C12H17BrN2O2/c1-2-14-9-10(13)8-11(14)12(16)15-4-3-6-17-7-5-15/h8-9H,2-7H2,1H3. The lowest BCUT2D eigenvalue weighted by Gasteiger charge is -2.20. The van der Waals surface area contributed by atoms with E-state index in [4.69, 9.17) is 4.74 Å². The van der Waals surface area contributed by atoms with E-state index < -0.39 is 0 Å². The number of aryl methyl sites for hydroxylation is 1. The molecular weight excluding hydrogens is 284 g/mol. The highest BCUT2D eigenvalue weighted by Gasteiger charge is 2.20. The predicted octanol–water partition coefficient (Wildman–Crippen LogP) is 2.13. The summed E-state index contributed by atoms with van der Waals surface area (Å²) in [6.45, 7) is 5.70. The van der Waals surface area contributed by atoms with Gasteiger partial charge in [-0.15, -0.1) is 0 Å². The van der Waals surface area contributed by atoms with Gasteiger partial charge in [0, 0.05) is 36.9 Å². The van der Waals surface area contributed by atoms with E-state index in [0.717, 1.165) is 36.3 Å². The van der Waals surface area contributed by atoms with Gasteiger partial charge in [0.25, 0.3) is 5.91 Å². The molecule has 1 aliphatic rings. The van der Waals surface area contributed by atoms with Crippen LogP contribution in [-0.2, 0) is 11.3 Å². The fourth-order valence-corrected chi connectivity index (χ4v) is 2.49. The highest BCUT2D eigenvalue weighted by molar-refractivity contribution is 9.10. The molecule has 1 fully saturated rings. The van der Waals surface area contributed by atoms with Crippen molar-refractivity contribution >= 4 is 21.8 Å². The molecule has 0 aliphatic carbocycles. The number of hydrogen-bond donors (Lipinski definition) is 0. The van der Waals surface area contributed by atoms with Gasteiger partial charge in [0.15, 0.2) is 0 Å². The van der Waals surface area contributed by atoms with Crippen molar-refractivity contribution in [1.82, 2.24) is 9.47 Å². The Morgan fingerprint density at radius 3 is 3.06 bits per heavy atom. The molecule has 2 rings (SSSR count). The Morgan fingerprint density at radius 2 is 2.29 bits per heavy atom. The smallest absolute Gasteiger partial charge is 0.270 e. The van der Waals surface area contributed by atoms with Crippen LogP contribution in [-0.4, -0.2) is 41.7 Å². The Labute approximate surface area is 110 Å². The Morgan fingerprint density at radius 1 is 1.47 bits per heavy atom. The van der Waals surface area contributed by atoms with Crippen LogP contribution in [0.4, 0.5) is 0 Å². The van der Waals surface area contributed by atoms with Gasteiger partial charge in [0.05, 0.1) is 6.61 Å². The van der Waals surface area contributed by atoms with Crippen molar-refractivity contribution in [1.29, 1.82) is 0 Å². The summed E-state index contributed by atoms with van der Waals surface area (Å²) in [6.07, 6.45) is 2.86. The number of carbonyl (C=O) groups excluding carboxylic acids is 1. The van der Waals surface area contributed by atoms with Gasteiger partial charge < -0.3 is 14.2 Å². The van der Waals surface area contributed by atoms with Crippen molar-refractivity contribution in [3.63, 3.8) is 0 Å². The molecule has 17 heavy (non-hydrogen) atoms. The molecule has 94 valence electrons. The molecule has 0 unspecified atom stereocenters. The average molecular weight is 301 g/mol. The van der Waals surface area contributed by atoms with E-state index in [0.29, 0.717) is 13.2 Å². The zero-order chi connectivity index (χ0) is 12.3. The minimum absolute atomic E-state index is 0.100. The van der Waals surface area contributed by atoms with E-state index in [1.807, 2.05) is 28.7 Å². The van der Waals surface area contributed by atoms with Crippen LogP contribution in [0.5, 0.6) is 0 Å². The summed E-state index contributed by atoms with van der Waals surface area (Å²) in [5.41, 5.74) is 0.751. The number of nitrogens with zero attached hydrogens (tertiary/aromatic N) is 2. The molecule has 0 aromatic carbocycles. The first kappa shape index (κ1) is 12.6. The summed E-state index contributed by atoms with van der Waals surface area (Å²) >= 11 is 3.42. The maximum atomic E-state index is 12.4. The first-order valence-electron chi connectivity index (χ1n) is 5.95. The molecule has 1 aromatic heterocycles. The van der Waals surface area contributed by atoms with Gasteiger partial charge in [0.2, 0.25) is 0 Å². The SMILES string of the molecule is CCn1cc(Br)cc1C(=O)N1CCCOCC1. The van der Waals surface area contributed by atoms with Crippen LogP contribution < -0.4 is 0 Å². The van der Waals surface area contributed by atoms with E-state index in [-0.39, 0.29) is 5.91 Å². The third-order valence-corrected chi connectivity index (χ3v) is 3.37. The predicted molar refractivity (Wildman–Crippen MR) is 69.1 cm³/mol. The normalized spacial score (nSPS) is 16.9. The van der Waals surface area contributed by atoms with E-state index >= 15 is 0 Å². The summed E-state index contributed by atoms with van der Waals surface area (Å²) < 4.78 is 8.29. The van der Waals surface area contributed by atoms with Crippen LogP contribution in [0.25, 0.3) is 0 Å². The third-order valence-electron chi connectivity index (χ3n) is 2.93. The molecule has 0 spiro atoms. The number of rotatable bonds is 2. The zero-order valence-corrected chi connectivity index (χ0v) is 11.6. The third kappa shape index (κ3) is 2.90. The lowest BCUT2D eigenvalue weighted by atomic mass is 10.3. The number of aromatic nitrogens is 1. The minimum Gasteiger partial charge on any atom is -0.380 e. The van der Waals surface area contributed by atoms with Gasteiger partial charge in [0.1, 0.15) is 5.69 Å². The van der Waals surface area contributed by atoms with E-state index in [9.17, 15) is 4.79 Å². The van der Waals surface area contributed by atoms with Gasteiger partial charge in [-0.2, -0.15) is 0 Å². The second kappa shape index (κ2) is 5.69. The van der Waals surface area contributed by atoms with Crippen molar-refractivity contribution in [3.8, 4) is 0 Å². The number of halogens is 1. The summed E-state index contributed by atoms with van der Waals surface area (Å²) in [4.78, 5) is 14.3. The van der Waals surface area contributed by atoms with Crippen molar-refractivity contribution in [3.05, 3.63) is 22.4 Å². The van der Waals surface area contributed by atoms with E-state index in [2.05, 4.69) is 15.9 Å². The molecule has 4 nitrogen and oxygen atoms in total. The van der Waals surface area contributed by atoms with Crippen LogP contribution in [0, 0.1) is 0 Å². The van der Waals surface area contributed by atoms with Gasteiger partial charge in [-0.05, 0) is 35.3 Å². The molecular formula is C12H17BrN2O2. The molecule has 1 aliphatic heterocycles. The summed E-state index contributed by atoms with van der Waals surface area (Å²) in [5.74, 6) is 0.100. The van der Waals surface area contributed by atoms with Crippen LogP contribution in [0.3, 0.4) is 0 Å². The van der Waals surface area contributed by atoms with E-state index in [1.165, 1.54) is 0 Å². The van der Waals surface area contributed by atoms with Gasteiger partial charge in [-0.25, -0.2) is 0 Å². The molecule has 5 heteroatoms. The maximum Gasteiger partial charge on any atom is 0.270 e. The summed E-state index contributed by atoms with van der Waals surface area (Å²) in [6, 6.07) is 1.89. The second-order valence-corrected chi connectivity index (χ2v) is 5.00. The molecule has 1 saturated heterocycles. The molecule has 2 heterocycles. The van der Waals surface area contributed by atoms with E-state index in [1.54, 1.807) is 0 Å². The Hall–Kier alpha value is -0.810. The number of ether oxygens (including phenoxy) is 1.